The second-order valence-corrected chi connectivity index (χ2v) is 5.31. The summed E-state index contributed by atoms with van der Waals surface area (Å²) in [5, 5.41) is 7.39. The van der Waals surface area contributed by atoms with Gasteiger partial charge < -0.3 is 10.3 Å². The molecule has 3 rings (SSSR count). The van der Waals surface area contributed by atoms with Crippen molar-refractivity contribution in [2.45, 2.75) is 19.3 Å². The average molecular weight is 311 g/mol. The van der Waals surface area contributed by atoms with Crippen LogP contribution >= 0.6 is 0 Å². The number of carbonyl (C=O) groups excluding carboxylic acids is 1. The molecule has 0 saturated heterocycles. The first-order valence-electron chi connectivity index (χ1n) is 7.39. The van der Waals surface area contributed by atoms with E-state index in [2.05, 4.69) is 20.4 Å². The lowest BCUT2D eigenvalue weighted by atomic mass is 10.2. The number of hydrogen-bond donors (Lipinski definition) is 2. The molecular weight excluding hydrogens is 294 g/mol. The molecule has 0 atom stereocenters. The van der Waals surface area contributed by atoms with Crippen LogP contribution in [0.2, 0.25) is 0 Å². The highest BCUT2D eigenvalue weighted by atomic mass is 16.1. The van der Waals surface area contributed by atoms with Crippen molar-refractivity contribution in [1.29, 1.82) is 0 Å². The summed E-state index contributed by atoms with van der Waals surface area (Å²) in [4.78, 5) is 31.0. The topological polar surface area (TPSA) is 92.7 Å². The summed E-state index contributed by atoms with van der Waals surface area (Å²) >= 11 is 0. The van der Waals surface area contributed by atoms with Crippen molar-refractivity contribution < 1.29 is 4.79 Å². The molecule has 3 aromatic rings. The van der Waals surface area contributed by atoms with Crippen LogP contribution in [-0.2, 0) is 18.3 Å². The lowest BCUT2D eigenvalue weighted by Gasteiger charge is -2.04. The number of carbonyl (C=O) groups is 1. The summed E-state index contributed by atoms with van der Waals surface area (Å²) in [6.07, 6.45) is 3.24. The molecule has 0 aliphatic carbocycles. The SMILES string of the molecule is Cn1ccc(NC(=O)CCCc2nc3ccccc3c(=O)[nH]2)n1. The fraction of sp³-hybridized carbons (Fsp3) is 0.250. The number of anilines is 1. The average Bonchev–Trinajstić information content (AvgIpc) is 2.92. The van der Waals surface area contributed by atoms with Crippen LogP contribution in [0.4, 0.5) is 5.82 Å². The predicted molar refractivity (Wildman–Crippen MR) is 87.1 cm³/mol. The van der Waals surface area contributed by atoms with Crippen molar-refractivity contribution >= 4 is 22.6 Å². The van der Waals surface area contributed by atoms with E-state index in [4.69, 9.17) is 0 Å². The molecule has 0 spiro atoms. The monoisotopic (exact) mass is 311 g/mol. The fourth-order valence-corrected chi connectivity index (χ4v) is 2.36. The normalized spacial score (nSPS) is 10.8. The van der Waals surface area contributed by atoms with E-state index in [0.29, 0.717) is 41.8 Å². The van der Waals surface area contributed by atoms with Crippen LogP contribution in [0.15, 0.2) is 41.3 Å². The Labute approximate surface area is 132 Å². The quantitative estimate of drug-likeness (QED) is 0.749. The highest BCUT2D eigenvalue weighted by molar-refractivity contribution is 5.89. The number of H-pyrrole nitrogens is 1. The molecule has 7 nitrogen and oxygen atoms in total. The predicted octanol–water partition coefficient (Wildman–Crippen LogP) is 1.62. The Bertz CT molecular complexity index is 897. The van der Waals surface area contributed by atoms with Crippen LogP contribution in [0.1, 0.15) is 18.7 Å². The Balaban J connectivity index is 1.58. The summed E-state index contributed by atoms with van der Waals surface area (Å²) in [6, 6.07) is 8.94. The number of benzene rings is 1. The molecule has 0 aliphatic heterocycles. The maximum Gasteiger partial charge on any atom is 0.258 e. The van der Waals surface area contributed by atoms with Gasteiger partial charge in [0.05, 0.1) is 10.9 Å². The number of amides is 1. The number of fused-ring (bicyclic) bond motifs is 1. The van der Waals surface area contributed by atoms with Gasteiger partial charge in [-0.2, -0.15) is 5.10 Å². The summed E-state index contributed by atoms with van der Waals surface area (Å²) in [5.41, 5.74) is 0.521. The first kappa shape index (κ1) is 15.0. The maximum atomic E-state index is 12.0. The second-order valence-electron chi connectivity index (χ2n) is 5.31. The smallest absolute Gasteiger partial charge is 0.258 e. The molecule has 1 aromatic carbocycles. The van der Waals surface area contributed by atoms with Crippen LogP contribution in [-0.4, -0.2) is 25.7 Å². The number of hydrogen-bond acceptors (Lipinski definition) is 4. The summed E-state index contributed by atoms with van der Waals surface area (Å²) in [6.45, 7) is 0. The summed E-state index contributed by atoms with van der Waals surface area (Å²) < 4.78 is 1.62. The molecule has 2 aromatic heterocycles. The molecule has 0 unspecified atom stereocenters. The molecule has 2 heterocycles. The lowest BCUT2D eigenvalue weighted by Crippen LogP contribution is -2.14. The number of aryl methyl sites for hydroxylation is 2. The Hall–Kier alpha value is -2.96. The largest absolute Gasteiger partial charge is 0.310 e. The minimum absolute atomic E-state index is 0.105. The van der Waals surface area contributed by atoms with Gasteiger partial charge in [0.1, 0.15) is 5.82 Å². The van der Waals surface area contributed by atoms with Crippen LogP contribution in [0, 0.1) is 0 Å². The Morgan fingerprint density at radius 2 is 2.13 bits per heavy atom. The zero-order chi connectivity index (χ0) is 16.2. The number of nitrogens with one attached hydrogen (secondary N) is 2. The van der Waals surface area contributed by atoms with E-state index in [1.165, 1.54) is 0 Å². The van der Waals surface area contributed by atoms with Gasteiger partial charge in [0, 0.05) is 32.2 Å². The van der Waals surface area contributed by atoms with Crippen molar-refractivity contribution in [2.24, 2.45) is 7.05 Å². The van der Waals surface area contributed by atoms with Gasteiger partial charge in [-0.25, -0.2) is 4.98 Å². The van der Waals surface area contributed by atoms with Gasteiger partial charge in [0.15, 0.2) is 5.82 Å². The molecule has 0 aliphatic rings. The molecule has 0 saturated carbocycles. The highest BCUT2D eigenvalue weighted by Gasteiger charge is 2.07. The highest BCUT2D eigenvalue weighted by Crippen LogP contribution is 2.08. The van der Waals surface area contributed by atoms with Crippen LogP contribution in [0.3, 0.4) is 0 Å². The molecule has 23 heavy (non-hydrogen) atoms. The minimum atomic E-state index is -0.150. The number of aromatic amines is 1. The maximum absolute atomic E-state index is 12.0. The third-order valence-electron chi connectivity index (χ3n) is 3.46. The number of rotatable bonds is 5. The number of para-hydroxylation sites is 1. The Kier molecular flexibility index (Phi) is 4.18. The van der Waals surface area contributed by atoms with E-state index < -0.39 is 0 Å². The van der Waals surface area contributed by atoms with Crippen molar-refractivity contribution in [3.63, 3.8) is 0 Å². The van der Waals surface area contributed by atoms with Crippen molar-refractivity contribution in [3.05, 3.63) is 52.7 Å². The second kappa shape index (κ2) is 6.43. The van der Waals surface area contributed by atoms with Crippen molar-refractivity contribution in [1.82, 2.24) is 19.7 Å². The first-order chi connectivity index (χ1) is 11.1. The third-order valence-corrected chi connectivity index (χ3v) is 3.46. The zero-order valence-electron chi connectivity index (χ0n) is 12.7. The summed E-state index contributed by atoms with van der Waals surface area (Å²) in [7, 11) is 1.79. The zero-order valence-corrected chi connectivity index (χ0v) is 12.7. The third kappa shape index (κ3) is 3.63. The van der Waals surface area contributed by atoms with Crippen molar-refractivity contribution in [2.75, 3.05) is 5.32 Å². The molecule has 7 heteroatoms. The van der Waals surface area contributed by atoms with Crippen LogP contribution in [0.5, 0.6) is 0 Å². The van der Waals surface area contributed by atoms with E-state index >= 15 is 0 Å². The van der Waals surface area contributed by atoms with E-state index in [1.54, 1.807) is 36.1 Å². The molecule has 0 radical (unpaired) electrons. The van der Waals surface area contributed by atoms with Gasteiger partial charge >= 0.3 is 0 Å². The number of aromatic nitrogens is 4. The summed E-state index contributed by atoms with van der Waals surface area (Å²) in [5.74, 6) is 1.03. The Morgan fingerprint density at radius 1 is 1.30 bits per heavy atom. The molecule has 1 amide bonds. The van der Waals surface area contributed by atoms with Gasteiger partial charge in [-0.15, -0.1) is 0 Å². The molecular formula is C16H17N5O2. The fourth-order valence-electron chi connectivity index (χ4n) is 2.36. The minimum Gasteiger partial charge on any atom is -0.310 e. The molecule has 2 N–H and O–H groups in total. The van der Waals surface area contributed by atoms with E-state index in [9.17, 15) is 9.59 Å². The van der Waals surface area contributed by atoms with Crippen molar-refractivity contribution in [3.8, 4) is 0 Å². The molecule has 118 valence electrons. The van der Waals surface area contributed by atoms with Gasteiger partial charge in [-0.05, 0) is 18.6 Å². The van der Waals surface area contributed by atoms with Gasteiger partial charge in [0.2, 0.25) is 5.91 Å². The molecule has 0 fully saturated rings. The van der Waals surface area contributed by atoms with Gasteiger partial charge in [-0.1, -0.05) is 12.1 Å². The van der Waals surface area contributed by atoms with E-state index in [1.807, 2.05) is 12.1 Å². The lowest BCUT2D eigenvalue weighted by molar-refractivity contribution is -0.116. The Morgan fingerprint density at radius 3 is 2.91 bits per heavy atom. The number of nitrogens with zero attached hydrogens (tertiary/aromatic N) is 3. The van der Waals surface area contributed by atoms with Crippen LogP contribution in [0.25, 0.3) is 10.9 Å². The van der Waals surface area contributed by atoms with E-state index in [0.717, 1.165) is 0 Å². The standard InChI is InChI=1S/C16H17N5O2/c1-21-10-9-14(20-21)18-15(22)8-4-7-13-17-12-6-3-2-5-11(12)16(23)19-13/h2-3,5-6,9-10H,4,7-8H2,1H3,(H,17,19,23)(H,18,20,22). The van der Waals surface area contributed by atoms with E-state index in [-0.39, 0.29) is 11.5 Å². The first-order valence-corrected chi connectivity index (χ1v) is 7.39. The van der Waals surface area contributed by atoms with Gasteiger partial charge in [0.25, 0.3) is 5.56 Å². The van der Waals surface area contributed by atoms with Gasteiger partial charge in [-0.3, -0.25) is 14.3 Å². The van der Waals surface area contributed by atoms with Crippen LogP contribution < -0.4 is 10.9 Å². The molecule has 0 bridgehead atoms.